The lowest BCUT2D eigenvalue weighted by atomic mass is 10.0. The van der Waals surface area contributed by atoms with Crippen LogP contribution in [0.25, 0.3) is 0 Å². The molecule has 0 spiro atoms. The van der Waals surface area contributed by atoms with Crippen LogP contribution in [0.2, 0.25) is 5.15 Å². The van der Waals surface area contributed by atoms with E-state index in [1.165, 1.54) is 12.3 Å². The normalized spacial score (nSPS) is 11.7. The molecule has 0 amide bonds. The van der Waals surface area contributed by atoms with Crippen LogP contribution in [0, 0.1) is 0 Å². The van der Waals surface area contributed by atoms with Crippen LogP contribution in [0.1, 0.15) is 25.3 Å². The Labute approximate surface area is 137 Å². The van der Waals surface area contributed by atoms with Crippen molar-refractivity contribution in [2.75, 3.05) is 4.72 Å². The molecule has 1 N–H and O–H groups in total. The molecule has 7 heteroatoms. The number of rotatable bonds is 4. The van der Waals surface area contributed by atoms with Crippen LogP contribution in [-0.2, 0) is 10.0 Å². The highest BCUT2D eigenvalue weighted by Gasteiger charge is 2.21. The van der Waals surface area contributed by atoms with E-state index in [4.69, 9.17) is 11.6 Å². The topological polar surface area (TPSA) is 59.1 Å². The second-order valence-electron chi connectivity index (χ2n) is 4.79. The van der Waals surface area contributed by atoms with Crippen LogP contribution in [0.3, 0.4) is 0 Å². The molecular formula is C14H14BrClN2O2S. The molecule has 0 bridgehead atoms. The summed E-state index contributed by atoms with van der Waals surface area (Å²) in [6.45, 7) is 4.00. The molecule has 2 aromatic rings. The standard InChI is InChI=1S/C14H14BrClN2O2S/c1-9(2)11-5-3-4-6-12(11)18-21(19,20)13-7-10(15)8-17-14(13)16/h3-9,18H,1-2H3. The van der Waals surface area contributed by atoms with Gasteiger partial charge in [0.2, 0.25) is 0 Å². The summed E-state index contributed by atoms with van der Waals surface area (Å²) in [5.41, 5.74) is 1.46. The first-order valence-corrected chi connectivity index (χ1v) is 8.89. The molecule has 0 fully saturated rings. The number of hydrogen-bond donors (Lipinski definition) is 1. The Morgan fingerprint density at radius 2 is 1.95 bits per heavy atom. The van der Waals surface area contributed by atoms with Gasteiger partial charge in [-0.1, -0.05) is 43.6 Å². The number of sulfonamides is 1. The maximum atomic E-state index is 12.5. The van der Waals surface area contributed by atoms with E-state index in [0.29, 0.717) is 10.2 Å². The molecule has 1 aromatic heterocycles. The molecule has 2 rings (SSSR count). The van der Waals surface area contributed by atoms with E-state index in [2.05, 4.69) is 25.6 Å². The number of hydrogen-bond acceptors (Lipinski definition) is 3. The molecule has 112 valence electrons. The molecule has 0 atom stereocenters. The summed E-state index contributed by atoms with van der Waals surface area (Å²) < 4.78 is 28.1. The van der Waals surface area contributed by atoms with Crippen LogP contribution in [0.15, 0.2) is 45.9 Å². The van der Waals surface area contributed by atoms with Gasteiger partial charge in [-0.25, -0.2) is 13.4 Å². The fourth-order valence-electron chi connectivity index (χ4n) is 1.89. The highest BCUT2D eigenvalue weighted by molar-refractivity contribution is 9.10. The van der Waals surface area contributed by atoms with Gasteiger partial charge >= 0.3 is 0 Å². The number of benzene rings is 1. The number of pyridine rings is 1. The van der Waals surface area contributed by atoms with Crippen molar-refractivity contribution in [3.05, 3.63) is 51.7 Å². The lowest BCUT2D eigenvalue weighted by Gasteiger charge is -2.15. The van der Waals surface area contributed by atoms with Crippen molar-refractivity contribution in [2.24, 2.45) is 0 Å². The molecule has 0 radical (unpaired) electrons. The highest BCUT2D eigenvalue weighted by atomic mass is 79.9. The van der Waals surface area contributed by atoms with Crippen molar-refractivity contribution in [3.8, 4) is 0 Å². The molecule has 1 heterocycles. The summed E-state index contributed by atoms with van der Waals surface area (Å²) in [5, 5.41) is -0.0623. The van der Waals surface area contributed by atoms with E-state index in [9.17, 15) is 8.42 Å². The second-order valence-corrected chi connectivity index (χ2v) is 7.71. The van der Waals surface area contributed by atoms with Crippen molar-refractivity contribution in [1.82, 2.24) is 4.98 Å². The van der Waals surface area contributed by atoms with Crippen molar-refractivity contribution in [2.45, 2.75) is 24.7 Å². The van der Waals surface area contributed by atoms with Gasteiger partial charge in [0, 0.05) is 10.7 Å². The second kappa shape index (κ2) is 6.34. The molecule has 0 aliphatic carbocycles. The van der Waals surface area contributed by atoms with Gasteiger partial charge in [-0.15, -0.1) is 0 Å². The zero-order valence-electron chi connectivity index (χ0n) is 11.5. The van der Waals surface area contributed by atoms with Crippen LogP contribution < -0.4 is 4.72 Å². The molecule has 0 aliphatic rings. The van der Waals surface area contributed by atoms with Gasteiger partial charge in [0.15, 0.2) is 0 Å². The summed E-state index contributed by atoms with van der Waals surface area (Å²) in [5.74, 6) is 0.194. The third-order valence-corrected chi connectivity index (χ3v) is 5.12. The van der Waals surface area contributed by atoms with E-state index in [1.807, 2.05) is 26.0 Å². The minimum Gasteiger partial charge on any atom is -0.279 e. The molecule has 21 heavy (non-hydrogen) atoms. The van der Waals surface area contributed by atoms with Crippen molar-refractivity contribution < 1.29 is 8.42 Å². The van der Waals surface area contributed by atoms with Crippen LogP contribution in [0.5, 0.6) is 0 Å². The summed E-state index contributed by atoms with van der Waals surface area (Å²) in [6, 6.07) is 8.70. The first kappa shape index (κ1) is 16.3. The Bertz CT molecular complexity index is 763. The molecule has 1 aromatic carbocycles. The lowest BCUT2D eigenvalue weighted by Crippen LogP contribution is -2.15. The zero-order valence-corrected chi connectivity index (χ0v) is 14.6. The number of aromatic nitrogens is 1. The lowest BCUT2D eigenvalue weighted by molar-refractivity contribution is 0.600. The third-order valence-electron chi connectivity index (χ3n) is 2.89. The SMILES string of the molecule is CC(C)c1ccccc1NS(=O)(=O)c1cc(Br)cnc1Cl. The molecule has 4 nitrogen and oxygen atoms in total. The van der Waals surface area contributed by atoms with Gasteiger partial charge in [0.25, 0.3) is 10.0 Å². The largest absolute Gasteiger partial charge is 0.279 e. The molecule has 0 saturated carbocycles. The number of nitrogens with zero attached hydrogens (tertiary/aromatic N) is 1. The fourth-order valence-corrected chi connectivity index (χ4v) is 3.92. The van der Waals surface area contributed by atoms with E-state index in [1.54, 1.807) is 12.1 Å². The third kappa shape index (κ3) is 3.75. The fraction of sp³-hybridized carbons (Fsp3) is 0.214. The first-order valence-electron chi connectivity index (χ1n) is 6.24. The smallest absolute Gasteiger partial charge is 0.265 e. The van der Waals surface area contributed by atoms with Gasteiger partial charge in [-0.05, 0) is 39.5 Å². The van der Waals surface area contributed by atoms with Crippen molar-refractivity contribution in [1.29, 1.82) is 0 Å². The maximum Gasteiger partial charge on any atom is 0.265 e. The van der Waals surface area contributed by atoms with Gasteiger partial charge < -0.3 is 0 Å². The number of nitrogens with one attached hydrogen (secondary N) is 1. The molecule has 0 aliphatic heterocycles. The Morgan fingerprint density at radius 3 is 2.62 bits per heavy atom. The predicted molar refractivity (Wildman–Crippen MR) is 88.3 cm³/mol. The summed E-state index contributed by atoms with van der Waals surface area (Å²) >= 11 is 9.10. The molecular weight excluding hydrogens is 376 g/mol. The predicted octanol–water partition coefficient (Wildman–Crippen LogP) is 4.42. The monoisotopic (exact) mass is 388 g/mol. The van der Waals surface area contributed by atoms with Gasteiger partial charge in [0.1, 0.15) is 10.0 Å². The van der Waals surface area contributed by atoms with Crippen LogP contribution >= 0.6 is 27.5 Å². The van der Waals surface area contributed by atoms with E-state index in [0.717, 1.165) is 5.56 Å². The minimum absolute atomic E-state index is 0.0582. The average molecular weight is 390 g/mol. The number of para-hydroxylation sites is 1. The maximum absolute atomic E-state index is 12.5. The highest BCUT2D eigenvalue weighted by Crippen LogP contribution is 2.28. The molecule has 0 saturated heterocycles. The summed E-state index contributed by atoms with van der Waals surface area (Å²) in [7, 11) is -3.80. The summed E-state index contributed by atoms with van der Waals surface area (Å²) in [4.78, 5) is 3.79. The van der Waals surface area contributed by atoms with Gasteiger partial charge in [-0.3, -0.25) is 4.72 Å². The Kier molecular flexibility index (Phi) is 4.91. The Hall–Kier alpha value is -1.11. The average Bonchev–Trinajstić information content (AvgIpc) is 2.41. The van der Waals surface area contributed by atoms with E-state index >= 15 is 0 Å². The Morgan fingerprint density at radius 1 is 1.29 bits per heavy atom. The quantitative estimate of drug-likeness (QED) is 0.787. The van der Waals surface area contributed by atoms with Crippen LogP contribution in [0.4, 0.5) is 5.69 Å². The minimum atomic E-state index is -3.80. The number of anilines is 1. The van der Waals surface area contributed by atoms with Gasteiger partial charge in [-0.2, -0.15) is 0 Å². The van der Waals surface area contributed by atoms with Gasteiger partial charge in [0.05, 0.1) is 5.69 Å². The van der Waals surface area contributed by atoms with Crippen LogP contribution in [-0.4, -0.2) is 13.4 Å². The number of halogens is 2. The summed E-state index contributed by atoms with van der Waals surface area (Å²) in [6.07, 6.45) is 1.45. The zero-order chi connectivity index (χ0) is 15.6. The van der Waals surface area contributed by atoms with Crippen molar-refractivity contribution in [3.63, 3.8) is 0 Å². The van der Waals surface area contributed by atoms with E-state index < -0.39 is 10.0 Å². The first-order chi connectivity index (χ1) is 9.81. The Balaban J connectivity index is 2.45. The molecule has 0 unspecified atom stereocenters. The van der Waals surface area contributed by atoms with Crippen molar-refractivity contribution >= 4 is 43.2 Å². The van der Waals surface area contributed by atoms with E-state index in [-0.39, 0.29) is 16.0 Å².